The van der Waals surface area contributed by atoms with Gasteiger partial charge in [-0.2, -0.15) is 0 Å². The molecule has 3 N–H and O–H groups in total. The molecule has 0 saturated heterocycles. The number of rotatable bonds is 19. The van der Waals surface area contributed by atoms with Gasteiger partial charge in [0.25, 0.3) is 0 Å². The van der Waals surface area contributed by atoms with Crippen molar-refractivity contribution in [2.24, 2.45) is 0 Å². The highest BCUT2D eigenvalue weighted by Crippen LogP contribution is 2.23. The maximum absolute atomic E-state index is 10.6. The summed E-state index contributed by atoms with van der Waals surface area (Å²) in [5.74, 6) is 0. The van der Waals surface area contributed by atoms with Crippen LogP contribution in [-0.2, 0) is 0 Å². The molecule has 0 radical (unpaired) electrons. The molecular weight excluding hydrogens is 314 g/mol. The largest absolute Gasteiger partial charge is 0.396 e. The first-order valence-electron chi connectivity index (χ1n) is 10.00. The lowest BCUT2D eigenvalue weighted by atomic mass is 9.89. The highest BCUT2D eigenvalue weighted by molar-refractivity contribution is 4.91. The molecule has 0 aliphatic heterocycles. The molecule has 0 saturated carbocycles. The van der Waals surface area contributed by atoms with Gasteiger partial charge >= 0.3 is 0 Å². The highest BCUT2D eigenvalue weighted by atomic mass is 16.3. The molecule has 4 heteroatoms. The molecular formula is C21H41NO3. The van der Waals surface area contributed by atoms with Crippen molar-refractivity contribution in [2.75, 3.05) is 32.8 Å². The summed E-state index contributed by atoms with van der Waals surface area (Å²) < 4.78 is 0. The van der Waals surface area contributed by atoms with Crippen LogP contribution in [0.2, 0.25) is 0 Å². The number of aliphatic hydroxyl groups excluding tert-OH is 2. The van der Waals surface area contributed by atoms with Gasteiger partial charge in [-0.05, 0) is 90.3 Å². The number of hydrogen-bond donors (Lipinski definition) is 3. The Labute approximate surface area is 155 Å². The van der Waals surface area contributed by atoms with E-state index in [4.69, 9.17) is 10.2 Å². The Morgan fingerprint density at radius 3 is 1.52 bits per heavy atom. The summed E-state index contributed by atoms with van der Waals surface area (Å²) in [6, 6.07) is 0. The molecule has 0 spiro atoms. The quantitative estimate of drug-likeness (QED) is 0.244. The maximum Gasteiger partial charge on any atom is 0.0716 e. The molecule has 0 aromatic heterocycles. The van der Waals surface area contributed by atoms with Crippen molar-refractivity contribution in [3.8, 4) is 0 Å². The van der Waals surface area contributed by atoms with Crippen molar-refractivity contribution in [1.82, 2.24) is 4.90 Å². The van der Waals surface area contributed by atoms with Crippen molar-refractivity contribution in [2.45, 2.75) is 76.2 Å². The molecule has 0 aliphatic carbocycles. The summed E-state index contributed by atoms with van der Waals surface area (Å²) in [5, 5.41) is 28.4. The molecule has 0 rings (SSSR count). The van der Waals surface area contributed by atoms with Crippen molar-refractivity contribution < 1.29 is 15.3 Å². The zero-order chi connectivity index (χ0) is 18.8. The third-order valence-corrected chi connectivity index (χ3v) is 4.68. The zero-order valence-corrected chi connectivity index (χ0v) is 16.2. The second-order valence-corrected chi connectivity index (χ2v) is 7.08. The summed E-state index contributed by atoms with van der Waals surface area (Å²) in [4.78, 5) is 2.49. The molecule has 0 atom stereocenters. The molecule has 0 unspecified atom stereocenters. The van der Waals surface area contributed by atoms with Crippen molar-refractivity contribution in [1.29, 1.82) is 0 Å². The molecule has 0 amide bonds. The molecule has 0 bridgehead atoms. The Bertz CT molecular complexity index is 298. The lowest BCUT2D eigenvalue weighted by Gasteiger charge is -2.27. The molecule has 4 nitrogen and oxygen atoms in total. The average molecular weight is 356 g/mol. The first-order chi connectivity index (χ1) is 12.1. The maximum atomic E-state index is 10.6. The lowest BCUT2D eigenvalue weighted by molar-refractivity contribution is 0.0341. The topological polar surface area (TPSA) is 63.9 Å². The summed E-state index contributed by atoms with van der Waals surface area (Å²) in [5.41, 5.74) is -0.684. The van der Waals surface area contributed by atoms with E-state index >= 15 is 0 Å². The van der Waals surface area contributed by atoms with Gasteiger partial charge in [0, 0.05) is 13.2 Å². The van der Waals surface area contributed by atoms with E-state index in [1.807, 2.05) is 0 Å². The van der Waals surface area contributed by atoms with Crippen LogP contribution in [-0.4, -0.2) is 58.7 Å². The number of nitrogens with zero attached hydrogens (tertiary/aromatic N) is 1. The van der Waals surface area contributed by atoms with E-state index in [1.165, 1.54) is 0 Å². The smallest absolute Gasteiger partial charge is 0.0716 e. The zero-order valence-electron chi connectivity index (χ0n) is 16.2. The van der Waals surface area contributed by atoms with Crippen LogP contribution in [0.3, 0.4) is 0 Å². The molecule has 0 aromatic rings. The Balaban J connectivity index is 4.14. The fourth-order valence-corrected chi connectivity index (χ4v) is 3.20. The second-order valence-electron chi connectivity index (χ2n) is 7.08. The normalized spacial score (nSPS) is 11.8. The van der Waals surface area contributed by atoms with E-state index in [0.29, 0.717) is 12.8 Å². The van der Waals surface area contributed by atoms with Crippen LogP contribution in [0.5, 0.6) is 0 Å². The van der Waals surface area contributed by atoms with Gasteiger partial charge in [-0.1, -0.05) is 12.2 Å². The summed E-state index contributed by atoms with van der Waals surface area (Å²) >= 11 is 0. The van der Waals surface area contributed by atoms with Crippen LogP contribution in [0.4, 0.5) is 0 Å². The van der Waals surface area contributed by atoms with E-state index in [0.717, 1.165) is 77.4 Å². The van der Waals surface area contributed by atoms with Crippen LogP contribution < -0.4 is 0 Å². The van der Waals surface area contributed by atoms with Crippen molar-refractivity contribution in [3.63, 3.8) is 0 Å². The minimum Gasteiger partial charge on any atom is -0.396 e. The van der Waals surface area contributed by atoms with Gasteiger partial charge in [-0.25, -0.2) is 0 Å². The van der Waals surface area contributed by atoms with Crippen LogP contribution >= 0.6 is 0 Å². The number of unbranched alkanes of at least 4 members (excludes halogenated alkanes) is 5. The molecule has 0 heterocycles. The van der Waals surface area contributed by atoms with Crippen molar-refractivity contribution >= 4 is 0 Å². The molecule has 148 valence electrons. The fraction of sp³-hybridized carbons (Fsp3) is 0.810. The Hall–Kier alpha value is -0.680. The van der Waals surface area contributed by atoms with E-state index in [1.54, 1.807) is 12.2 Å². The van der Waals surface area contributed by atoms with Gasteiger partial charge in [0.15, 0.2) is 0 Å². The Kier molecular flexibility index (Phi) is 16.3. The monoisotopic (exact) mass is 355 g/mol. The molecule has 0 fully saturated rings. The minimum absolute atomic E-state index is 0.279. The summed E-state index contributed by atoms with van der Waals surface area (Å²) in [7, 11) is 0. The lowest BCUT2D eigenvalue weighted by Crippen LogP contribution is -2.29. The van der Waals surface area contributed by atoms with Gasteiger partial charge in [0.2, 0.25) is 0 Å². The van der Waals surface area contributed by atoms with Crippen LogP contribution in [0, 0.1) is 0 Å². The minimum atomic E-state index is -0.684. The summed E-state index contributed by atoms with van der Waals surface area (Å²) in [6.45, 7) is 11.2. The molecule has 0 aromatic carbocycles. The standard InChI is InChI=1S/C21H41NO3/c1-3-13-21(25,14-4-2)15-7-10-18-22(16-8-5-11-19-23)17-9-6-12-20-24/h3-4,23-25H,1-2,5-20H2. The Morgan fingerprint density at radius 1 is 0.680 bits per heavy atom. The predicted molar refractivity (Wildman–Crippen MR) is 107 cm³/mol. The van der Waals surface area contributed by atoms with E-state index < -0.39 is 5.60 Å². The first-order valence-corrected chi connectivity index (χ1v) is 10.00. The van der Waals surface area contributed by atoms with Crippen LogP contribution in [0.25, 0.3) is 0 Å². The van der Waals surface area contributed by atoms with Gasteiger partial charge in [-0.15, -0.1) is 13.2 Å². The van der Waals surface area contributed by atoms with Gasteiger partial charge in [-0.3, -0.25) is 0 Å². The Morgan fingerprint density at radius 2 is 1.12 bits per heavy atom. The fourth-order valence-electron chi connectivity index (χ4n) is 3.20. The predicted octanol–water partition coefficient (Wildman–Crippen LogP) is 3.67. The SMILES string of the molecule is C=CCC(O)(CC=C)CCCCN(CCCCCO)CCCCCO. The van der Waals surface area contributed by atoms with Crippen molar-refractivity contribution in [3.05, 3.63) is 25.3 Å². The number of hydrogen-bond acceptors (Lipinski definition) is 4. The van der Waals surface area contributed by atoms with Crippen LogP contribution in [0.15, 0.2) is 25.3 Å². The van der Waals surface area contributed by atoms with Gasteiger partial charge in [0.05, 0.1) is 5.60 Å². The second kappa shape index (κ2) is 16.8. The summed E-state index contributed by atoms with van der Waals surface area (Å²) in [6.07, 6.45) is 13.8. The highest BCUT2D eigenvalue weighted by Gasteiger charge is 2.22. The number of aliphatic hydroxyl groups is 3. The third-order valence-electron chi connectivity index (χ3n) is 4.68. The molecule has 25 heavy (non-hydrogen) atoms. The van der Waals surface area contributed by atoms with E-state index in [2.05, 4.69) is 18.1 Å². The van der Waals surface area contributed by atoms with Crippen LogP contribution in [0.1, 0.15) is 70.6 Å². The molecule has 0 aliphatic rings. The van der Waals surface area contributed by atoms with Gasteiger partial charge < -0.3 is 20.2 Å². The van der Waals surface area contributed by atoms with E-state index in [9.17, 15) is 5.11 Å². The van der Waals surface area contributed by atoms with Gasteiger partial charge in [0.1, 0.15) is 0 Å². The average Bonchev–Trinajstić information content (AvgIpc) is 2.59. The first kappa shape index (κ1) is 24.3. The third kappa shape index (κ3) is 14.2. The van der Waals surface area contributed by atoms with E-state index in [-0.39, 0.29) is 13.2 Å².